The van der Waals surface area contributed by atoms with Crippen LogP contribution in [0.2, 0.25) is 5.02 Å². The third-order valence-corrected chi connectivity index (χ3v) is 4.26. The van der Waals surface area contributed by atoms with Crippen LogP contribution in [0.3, 0.4) is 0 Å². The minimum Gasteiger partial charge on any atom is -0.492 e. The Hall–Kier alpha value is -1.51. The minimum atomic E-state index is -0.537. The lowest BCUT2D eigenvalue weighted by atomic mass is 9.85. The molecule has 0 aromatic heterocycles. The summed E-state index contributed by atoms with van der Waals surface area (Å²) in [5, 5.41) is 11.2. The molecule has 0 spiro atoms. The van der Waals surface area contributed by atoms with Gasteiger partial charge in [-0.1, -0.05) is 43.6 Å². The van der Waals surface area contributed by atoms with Crippen LogP contribution >= 0.6 is 11.6 Å². The zero-order valence-corrected chi connectivity index (χ0v) is 13.0. The Balaban J connectivity index is 1.84. The van der Waals surface area contributed by atoms with Gasteiger partial charge in [-0.3, -0.25) is 0 Å². The molecule has 3 rings (SSSR count). The molecule has 21 heavy (non-hydrogen) atoms. The maximum Gasteiger partial charge on any atom is 0.123 e. The molecule has 3 heteroatoms. The molecule has 0 radical (unpaired) electrons. The van der Waals surface area contributed by atoms with E-state index >= 15 is 0 Å². The molecule has 2 aromatic rings. The third kappa shape index (κ3) is 2.92. The normalized spacial score (nSPS) is 17.1. The molecule has 0 saturated carbocycles. The van der Waals surface area contributed by atoms with Crippen molar-refractivity contribution in [2.45, 2.75) is 31.8 Å². The van der Waals surface area contributed by atoms with Gasteiger partial charge >= 0.3 is 0 Å². The molecule has 2 nitrogen and oxygen atoms in total. The number of benzene rings is 2. The molecular formula is C18H19ClO2. The molecular weight excluding hydrogens is 284 g/mol. The molecule has 0 fully saturated rings. The molecule has 1 aliphatic rings. The van der Waals surface area contributed by atoms with Gasteiger partial charge in [-0.25, -0.2) is 0 Å². The standard InChI is InChI=1S/C18H19ClO2/c1-18(2)11-21-17-7-6-13(10-15(17)18)16(20)9-12-4-3-5-14(19)8-12/h3-8,10,16,20H,9,11H2,1-2H3. The third-order valence-electron chi connectivity index (χ3n) is 4.02. The molecule has 1 N–H and O–H groups in total. The van der Waals surface area contributed by atoms with Crippen molar-refractivity contribution in [2.24, 2.45) is 0 Å². The van der Waals surface area contributed by atoms with E-state index in [0.29, 0.717) is 18.1 Å². The number of aliphatic hydroxyl groups excluding tert-OH is 1. The second kappa shape index (κ2) is 5.36. The van der Waals surface area contributed by atoms with E-state index in [1.54, 1.807) is 0 Å². The Kier molecular flexibility index (Phi) is 3.68. The fourth-order valence-corrected chi connectivity index (χ4v) is 2.96. The van der Waals surface area contributed by atoms with Crippen LogP contribution in [0.4, 0.5) is 0 Å². The van der Waals surface area contributed by atoms with Crippen LogP contribution < -0.4 is 4.74 Å². The summed E-state index contributed by atoms with van der Waals surface area (Å²) >= 11 is 5.99. The van der Waals surface area contributed by atoms with Crippen LogP contribution in [0.25, 0.3) is 0 Å². The van der Waals surface area contributed by atoms with Gasteiger partial charge in [-0.05, 0) is 35.4 Å². The molecule has 0 bridgehead atoms. The van der Waals surface area contributed by atoms with E-state index in [0.717, 1.165) is 16.9 Å². The van der Waals surface area contributed by atoms with Gasteiger partial charge in [0.25, 0.3) is 0 Å². The topological polar surface area (TPSA) is 29.5 Å². The first kappa shape index (κ1) is 14.4. The summed E-state index contributed by atoms with van der Waals surface area (Å²) in [6.07, 6.45) is 0.0193. The predicted octanol–water partition coefficient (Wildman–Crippen LogP) is 4.29. The zero-order valence-electron chi connectivity index (χ0n) is 12.3. The Labute approximate surface area is 130 Å². The van der Waals surface area contributed by atoms with E-state index in [1.807, 2.05) is 36.4 Å². The van der Waals surface area contributed by atoms with Crippen LogP contribution in [-0.4, -0.2) is 11.7 Å². The monoisotopic (exact) mass is 302 g/mol. The van der Waals surface area contributed by atoms with Gasteiger partial charge in [-0.2, -0.15) is 0 Å². The van der Waals surface area contributed by atoms with Crippen molar-refractivity contribution in [2.75, 3.05) is 6.61 Å². The van der Waals surface area contributed by atoms with E-state index in [2.05, 4.69) is 19.9 Å². The molecule has 0 saturated heterocycles. The Bertz CT molecular complexity index is 664. The van der Waals surface area contributed by atoms with Crippen LogP contribution in [0.5, 0.6) is 5.75 Å². The summed E-state index contributed by atoms with van der Waals surface area (Å²) in [5.41, 5.74) is 3.13. The molecule has 2 aromatic carbocycles. The lowest BCUT2D eigenvalue weighted by molar-refractivity contribution is 0.178. The van der Waals surface area contributed by atoms with Gasteiger partial charge in [0.15, 0.2) is 0 Å². The number of halogens is 1. The molecule has 0 amide bonds. The number of rotatable bonds is 3. The smallest absolute Gasteiger partial charge is 0.123 e. The van der Waals surface area contributed by atoms with Gasteiger partial charge in [0.05, 0.1) is 12.7 Å². The average molecular weight is 303 g/mol. The van der Waals surface area contributed by atoms with Crippen molar-refractivity contribution in [3.05, 3.63) is 64.2 Å². The number of ether oxygens (including phenoxy) is 1. The summed E-state index contributed by atoms with van der Waals surface area (Å²) in [6.45, 7) is 5.01. The highest BCUT2D eigenvalue weighted by atomic mass is 35.5. The largest absolute Gasteiger partial charge is 0.492 e. The molecule has 1 aliphatic heterocycles. The summed E-state index contributed by atoms with van der Waals surface area (Å²) < 4.78 is 5.68. The highest BCUT2D eigenvalue weighted by Gasteiger charge is 2.32. The number of hydrogen-bond acceptors (Lipinski definition) is 2. The summed E-state index contributed by atoms with van der Waals surface area (Å²) in [7, 11) is 0. The van der Waals surface area contributed by atoms with Crippen molar-refractivity contribution >= 4 is 11.6 Å². The predicted molar refractivity (Wildman–Crippen MR) is 85.1 cm³/mol. The maximum atomic E-state index is 10.5. The SMILES string of the molecule is CC1(C)COc2ccc(C(O)Cc3cccc(Cl)c3)cc21. The second-order valence-corrected chi connectivity index (χ2v) is 6.71. The highest BCUT2D eigenvalue weighted by Crippen LogP contribution is 2.39. The lowest BCUT2D eigenvalue weighted by Crippen LogP contribution is -2.18. The van der Waals surface area contributed by atoms with E-state index in [4.69, 9.17) is 16.3 Å². The maximum absolute atomic E-state index is 10.5. The van der Waals surface area contributed by atoms with Crippen molar-refractivity contribution < 1.29 is 9.84 Å². The van der Waals surface area contributed by atoms with Crippen molar-refractivity contribution in [3.8, 4) is 5.75 Å². The van der Waals surface area contributed by atoms with Gasteiger partial charge in [0.1, 0.15) is 5.75 Å². The number of hydrogen-bond donors (Lipinski definition) is 1. The molecule has 110 valence electrons. The summed E-state index contributed by atoms with van der Waals surface area (Å²) in [6, 6.07) is 13.6. The molecule has 1 atom stereocenters. The fraction of sp³-hybridized carbons (Fsp3) is 0.333. The number of fused-ring (bicyclic) bond motifs is 1. The van der Waals surface area contributed by atoms with Crippen molar-refractivity contribution in [1.29, 1.82) is 0 Å². The Morgan fingerprint density at radius 2 is 2.05 bits per heavy atom. The van der Waals surface area contributed by atoms with Gasteiger partial charge in [0, 0.05) is 22.4 Å². The molecule has 1 unspecified atom stereocenters. The first-order chi connectivity index (χ1) is 9.95. The van der Waals surface area contributed by atoms with E-state index < -0.39 is 6.10 Å². The first-order valence-electron chi connectivity index (χ1n) is 7.15. The summed E-state index contributed by atoms with van der Waals surface area (Å²) in [5.74, 6) is 0.929. The lowest BCUT2D eigenvalue weighted by Gasteiger charge is -2.18. The molecule has 0 aliphatic carbocycles. The van der Waals surface area contributed by atoms with Crippen LogP contribution in [0.15, 0.2) is 42.5 Å². The average Bonchev–Trinajstić information content (AvgIpc) is 2.74. The van der Waals surface area contributed by atoms with Crippen LogP contribution in [0, 0.1) is 0 Å². The van der Waals surface area contributed by atoms with Crippen LogP contribution in [-0.2, 0) is 11.8 Å². The second-order valence-electron chi connectivity index (χ2n) is 6.28. The van der Waals surface area contributed by atoms with E-state index in [9.17, 15) is 5.11 Å². The summed E-state index contributed by atoms with van der Waals surface area (Å²) in [4.78, 5) is 0. The zero-order chi connectivity index (χ0) is 15.0. The fourth-order valence-electron chi connectivity index (χ4n) is 2.75. The van der Waals surface area contributed by atoms with Crippen molar-refractivity contribution in [1.82, 2.24) is 0 Å². The Morgan fingerprint density at radius 3 is 2.81 bits per heavy atom. The van der Waals surface area contributed by atoms with E-state index in [-0.39, 0.29) is 5.41 Å². The van der Waals surface area contributed by atoms with Gasteiger partial charge < -0.3 is 9.84 Å². The number of aliphatic hydroxyl groups is 1. The molecule has 1 heterocycles. The van der Waals surface area contributed by atoms with Crippen LogP contribution in [0.1, 0.15) is 36.6 Å². The Morgan fingerprint density at radius 1 is 1.24 bits per heavy atom. The van der Waals surface area contributed by atoms with Gasteiger partial charge in [0.2, 0.25) is 0 Å². The highest BCUT2D eigenvalue weighted by molar-refractivity contribution is 6.30. The minimum absolute atomic E-state index is 0.00111. The first-order valence-corrected chi connectivity index (χ1v) is 7.53. The quantitative estimate of drug-likeness (QED) is 0.916. The van der Waals surface area contributed by atoms with E-state index in [1.165, 1.54) is 5.56 Å². The van der Waals surface area contributed by atoms with Gasteiger partial charge in [-0.15, -0.1) is 0 Å². The van der Waals surface area contributed by atoms with Crippen molar-refractivity contribution in [3.63, 3.8) is 0 Å².